The number of aromatic hydroxyl groups is 1. The van der Waals surface area contributed by atoms with Gasteiger partial charge in [0.15, 0.2) is 0 Å². The van der Waals surface area contributed by atoms with Crippen LogP contribution in [0.1, 0.15) is 16.8 Å². The minimum absolute atomic E-state index is 0.0375. The fraction of sp³-hybridized carbons (Fsp3) is 0.217. The maximum atomic E-state index is 13.0. The van der Waals surface area contributed by atoms with E-state index in [0.717, 1.165) is 5.56 Å². The molecule has 0 unspecified atom stereocenters. The van der Waals surface area contributed by atoms with Gasteiger partial charge in [-0.25, -0.2) is 9.78 Å². The highest BCUT2D eigenvalue weighted by atomic mass is 16.5. The quantitative estimate of drug-likeness (QED) is 0.311. The molecule has 0 aliphatic rings. The number of carbonyl (C=O) groups is 3. The summed E-state index contributed by atoms with van der Waals surface area (Å²) < 4.78 is 5.22. The van der Waals surface area contributed by atoms with Crippen molar-refractivity contribution in [2.45, 2.75) is 31.5 Å². The van der Waals surface area contributed by atoms with Crippen LogP contribution < -0.4 is 16.4 Å². The van der Waals surface area contributed by atoms with Gasteiger partial charge < -0.3 is 31.2 Å². The summed E-state index contributed by atoms with van der Waals surface area (Å²) in [7, 11) is 0. The van der Waals surface area contributed by atoms with E-state index in [0.29, 0.717) is 11.3 Å². The lowest BCUT2D eigenvalue weighted by Crippen LogP contribution is -2.54. The summed E-state index contributed by atoms with van der Waals surface area (Å²) in [4.78, 5) is 44.1. The number of primary amides is 1. The van der Waals surface area contributed by atoms with Gasteiger partial charge in [0.05, 0.1) is 6.33 Å². The van der Waals surface area contributed by atoms with Crippen LogP contribution in [0.15, 0.2) is 67.1 Å². The number of aromatic amines is 1. The van der Waals surface area contributed by atoms with Crippen LogP contribution in [0, 0.1) is 0 Å². The molecule has 0 bridgehead atoms. The minimum atomic E-state index is -1.05. The minimum Gasteiger partial charge on any atom is -0.508 e. The number of alkyl carbamates (subject to hydrolysis) is 1. The number of imidazole rings is 1. The molecule has 3 aromatic rings. The third-order valence-electron chi connectivity index (χ3n) is 4.84. The number of phenols is 1. The summed E-state index contributed by atoms with van der Waals surface area (Å²) in [5.41, 5.74) is 7.57. The smallest absolute Gasteiger partial charge is 0.408 e. The summed E-state index contributed by atoms with van der Waals surface area (Å²) in [6.07, 6.45) is 2.41. The lowest BCUT2D eigenvalue weighted by molar-refractivity contribution is -0.128. The van der Waals surface area contributed by atoms with E-state index in [4.69, 9.17) is 10.5 Å². The molecule has 1 aromatic heterocycles. The largest absolute Gasteiger partial charge is 0.508 e. The van der Waals surface area contributed by atoms with Crippen molar-refractivity contribution in [1.29, 1.82) is 0 Å². The molecule has 6 N–H and O–H groups in total. The standard InChI is InChI=1S/C23H25N5O5/c24-21(30)19(10-15-6-8-18(29)9-7-15)27-22(31)20(11-17-12-25-14-26-17)28-23(32)33-13-16-4-2-1-3-5-16/h1-9,12,14,19-20,29H,10-11,13H2,(H2,24,30)(H,25,26)(H,27,31)(H,28,32)/t19-,20-/m0/s1. The monoisotopic (exact) mass is 451 g/mol. The van der Waals surface area contributed by atoms with Crippen molar-refractivity contribution in [1.82, 2.24) is 20.6 Å². The normalized spacial score (nSPS) is 12.4. The topological polar surface area (TPSA) is 159 Å². The van der Waals surface area contributed by atoms with Gasteiger partial charge in [0, 0.05) is 24.7 Å². The van der Waals surface area contributed by atoms with Gasteiger partial charge in [0.1, 0.15) is 24.4 Å². The van der Waals surface area contributed by atoms with Gasteiger partial charge in [-0.2, -0.15) is 0 Å². The lowest BCUT2D eigenvalue weighted by atomic mass is 10.0. The van der Waals surface area contributed by atoms with Gasteiger partial charge in [-0.3, -0.25) is 9.59 Å². The third kappa shape index (κ3) is 7.39. The Morgan fingerprint density at radius 3 is 2.33 bits per heavy atom. The second kappa shape index (κ2) is 11.3. The number of H-pyrrole nitrogens is 1. The molecule has 0 aliphatic carbocycles. The Kier molecular flexibility index (Phi) is 8.01. The summed E-state index contributed by atoms with van der Waals surface area (Å²) in [5, 5.41) is 14.5. The van der Waals surface area contributed by atoms with Gasteiger partial charge in [0.25, 0.3) is 0 Å². The molecule has 0 spiro atoms. The maximum Gasteiger partial charge on any atom is 0.408 e. The fourth-order valence-corrected chi connectivity index (χ4v) is 3.10. The molecule has 0 fully saturated rings. The number of hydrogen-bond acceptors (Lipinski definition) is 6. The summed E-state index contributed by atoms with van der Waals surface area (Å²) >= 11 is 0. The van der Waals surface area contributed by atoms with Crippen LogP contribution in [0.5, 0.6) is 5.75 Å². The third-order valence-corrected chi connectivity index (χ3v) is 4.84. The molecule has 10 nitrogen and oxygen atoms in total. The van der Waals surface area contributed by atoms with E-state index >= 15 is 0 Å². The van der Waals surface area contributed by atoms with E-state index < -0.39 is 30.0 Å². The molecule has 1 heterocycles. The van der Waals surface area contributed by atoms with Crippen molar-refractivity contribution in [3.8, 4) is 5.75 Å². The Morgan fingerprint density at radius 2 is 1.70 bits per heavy atom. The lowest BCUT2D eigenvalue weighted by Gasteiger charge is -2.21. The highest BCUT2D eigenvalue weighted by molar-refractivity contribution is 5.91. The van der Waals surface area contributed by atoms with Crippen molar-refractivity contribution in [2.75, 3.05) is 0 Å². The van der Waals surface area contributed by atoms with Crippen molar-refractivity contribution in [3.05, 3.63) is 83.9 Å². The number of ether oxygens (including phenoxy) is 1. The summed E-state index contributed by atoms with van der Waals surface area (Å²) in [5.74, 6) is -1.26. The van der Waals surface area contributed by atoms with Crippen molar-refractivity contribution >= 4 is 17.9 Å². The number of carbonyl (C=O) groups excluding carboxylic acids is 3. The van der Waals surface area contributed by atoms with Gasteiger partial charge >= 0.3 is 6.09 Å². The average Bonchev–Trinajstić information content (AvgIpc) is 3.32. The predicted molar refractivity (Wildman–Crippen MR) is 119 cm³/mol. The number of nitrogens with two attached hydrogens (primary N) is 1. The molecular formula is C23H25N5O5. The zero-order chi connectivity index (χ0) is 23.6. The molecule has 0 saturated heterocycles. The second-order valence-electron chi connectivity index (χ2n) is 7.37. The number of nitrogens with zero attached hydrogens (tertiary/aromatic N) is 1. The first-order chi connectivity index (χ1) is 15.9. The number of amides is 3. The Balaban J connectivity index is 1.66. The Bertz CT molecular complexity index is 1050. The van der Waals surface area contributed by atoms with Crippen molar-refractivity contribution in [2.24, 2.45) is 5.73 Å². The van der Waals surface area contributed by atoms with Crippen LogP contribution in [-0.2, 0) is 33.8 Å². The van der Waals surface area contributed by atoms with Gasteiger partial charge in [0.2, 0.25) is 11.8 Å². The molecule has 2 atom stereocenters. The van der Waals surface area contributed by atoms with Crippen LogP contribution in [0.4, 0.5) is 4.79 Å². The molecule has 0 aliphatic heterocycles. The van der Waals surface area contributed by atoms with E-state index in [1.54, 1.807) is 12.1 Å². The molecule has 2 aromatic carbocycles. The first-order valence-electron chi connectivity index (χ1n) is 10.2. The first-order valence-corrected chi connectivity index (χ1v) is 10.2. The highest BCUT2D eigenvalue weighted by Gasteiger charge is 2.27. The van der Waals surface area contributed by atoms with Crippen LogP contribution in [0.2, 0.25) is 0 Å². The average molecular weight is 451 g/mol. The number of hydrogen-bond donors (Lipinski definition) is 5. The van der Waals surface area contributed by atoms with Crippen LogP contribution in [0.25, 0.3) is 0 Å². The van der Waals surface area contributed by atoms with Crippen LogP contribution in [-0.4, -0.2) is 45.1 Å². The number of aromatic nitrogens is 2. The number of benzene rings is 2. The van der Waals surface area contributed by atoms with Gasteiger partial charge in [-0.1, -0.05) is 42.5 Å². The predicted octanol–water partition coefficient (Wildman–Crippen LogP) is 1.17. The Labute approximate surface area is 190 Å². The Hall–Kier alpha value is -4.34. The zero-order valence-corrected chi connectivity index (χ0v) is 17.7. The fourth-order valence-electron chi connectivity index (χ4n) is 3.10. The molecule has 3 rings (SSSR count). The summed E-state index contributed by atoms with van der Waals surface area (Å²) in [6.45, 7) is 0.0375. The summed E-state index contributed by atoms with van der Waals surface area (Å²) in [6, 6.07) is 13.2. The molecule has 33 heavy (non-hydrogen) atoms. The van der Waals surface area contributed by atoms with Crippen molar-refractivity contribution < 1.29 is 24.2 Å². The van der Waals surface area contributed by atoms with E-state index in [2.05, 4.69) is 20.6 Å². The van der Waals surface area contributed by atoms with E-state index in [1.807, 2.05) is 30.3 Å². The van der Waals surface area contributed by atoms with Crippen LogP contribution in [0.3, 0.4) is 0 Å². The van der Waals surface area contributed by atoms with Gasteiger partial charge in [-0.05, 0) is 23.3 Å². The number of phenolic OH excluding ortho intramolecular Hbond substituents is 1. The molecule has 0 radical (unpaired) electrons. The van der Waals surface area contributed by atoms with E-state index in [1.165, 1.54) is 24.7 Å². The second-order valence-corrected chi connectivity index (χ2v) is 7.37. The highest BCUT2D eigenvalue weighted by Crippen LogP contribution is 2.12. The van der Waals surface area contributed by atoms with E-state index in [-0.39, 0.29) is 25.2 Å². The maximum absolute atomic E-state index is 13.0. The molecule has 10 heteroatoms. The Morgan fingerprint density at radius 1 is 0.970 bits per heavy atom. The molecule has 0 saturated carbocycles. The van der Waals surface area contributed by atoms with Gasteiger partial charge in [-0.15, -0.1) is 0 Å². The molecule has 3 amide bonds. The molecular weight excluding hydrogens is 426 g/mol. The van der Waals surface area contributed by atoms with Crippen LogP contribution >= 0.6 is 0 Å². The number of nitrogens with one attached hydrogen (secondary N) is 3. The van der Waals surface area contributed by atoms with Crippen molar-refractivity contribution in [3.63, 3.8) is 0 Å². The SMILES string of the molecule is NC(=O)[C@H](Cc1ccc(O)cc1)NC(=O)[C@H](Cc1cnc[nH]1)NC(=O)OCc1ccccc1. The first kappa shape index (κ1) is 23.3. The number of rotatable bonds is 10. The molecule has 172 valence electrons. The van der Waals surface area contributed by atoms with E-state index in [9.17, 15) is 19.5 Å². The zero-order valence-electron chi connectivity index (χ0n) is 17.7.